The van der Waals surface area contributed by atoms with E-state index in [0.717, 1.165) is 12.1 Å². The number of aliphatic hydroxyl groups is 1. The van der Waals surface area contributed by atoms with E-state index in [4.69, 9.17) is 5.11 Å². The van der Waals surface area contributed by atoms with Crippen LogP contribution in [0.25, 0.3) is 0 Å². The smallest absolute Gasteiger partial charge is 0.244 e. The number of aromatic nitrogens is 1. The lowest BCUT2D eigenvalue weighted by Gasteiger charge is -2.23. The van der Waals surface area contributed by atoms with Gasteiger partial charge in [-0.25, -0.2) is 17.8 Å². The minimum absolute atomic E-state index is 0.323. The number of hydrogen-bond acceptors (Lipinski definition) is 5. The van der Waals surface area contributed by atoms with Gasteiger partial charge < -0.3 is 5.11 Å². The zero-order valence-electron chi connectivity index (χ0n) is 11.5. The maximum atomic E-state index is 13.8. The van der Waals surface area contributed by atoms with Crippen LogP contribution >= 0.6 is 11.3 Å². The molecule has 0 saturated heterocycles. The molecule has 0 saturated carbocycles. The first-order valence-electron chi connectivity index (χ1n) is 6.09. The Morgan fingerprint density at radius 2 is 2.14 bits per heavy atom. The van der Waals surface area contributed by atoms with E-state index in [-0.39, 0.29) is 6.61 Å². The number of nitrogens with zero attached hydrogens (tertiary/aromatic N) is 1. The van der Waals surface area contributed by atoms with Crippen molar-refractivity contribution in [1.29, 1.82) is 0 Å². The van der Waals surface area contributed by atoms with Crippen molar-refractivity contribution < 1.29 is 17.9 Å². The van der Waals surface area contributed by atoms with Crippen molar-refractivity contribution in [2.75, 3.05) is 0 Å². The van der Waals surface area contributed by atoms with Gasteiger partial charge in [0.1, 0.15) is 15.7 Å². The van der Waals surface area contributed by atoms with Gasteiger partial charge in [-0.15, -0.1) is 11.3 Å². The van der Waals surface area contributed by atoms with E-state index < -0.39 is 26.3 Å². The highest BCUT2D eigenvalue weighted by Gasteiger charge is 2.31. The zero-order chi connectivity index (χ0) is 15.7. The first kappa shape index (κ1) is 16.0. The van der Waals surface area contributed by atoms with Crippen LogP contribution in [0.15, 0.2) is 34.7 Å². The first-order valence-corrected chi connectivity index (χ1v) is 8.46. The van der Waals surface area contributed by atoms with Crippen molar-refractivity contribution in [3.63, 3.8) is 0 Å². The van der Waals surface area contributed by atoms with Crippen molar-refractivity contribution in [3.8, 4) is 0 Å². The van der Waals surface area contributed by atoms with Crippen molar-refractivity contribution in [2.45, 2.75) is 30.9 Å². The zero-order valence-corrected chi connectivity index (χ0v) is 13.1. The normalized spacial score (nSPS) is 12.6. The van der Waals surface area contributed by atoms with Crippen LogP contribution < -0.4 is 4.72 Å². The number of benzene rings is 1. The Bertz CT molecular complexity index is 728. The molecule has 8 heteroatoms. The van der Waals surface area contributed by atoms with Crippen molar-refractivity contribution >= 4 is 21.4 Å². The van der Waals surface area contributed by atoms with Crippen LogP contribution in [-0.2, 0) is 22.2 Å². The number of rotatable bonds is 5. The van der Waals surface area contributed by atoms with Crippen LogP contribution in [0, 0.1) is 5.82 Å². The van der Waals surface area contributed by atoms with Crippen LogP contribution in [0.4, 0.5) is 4.39 Å². The van der Waals surface area contributed by atoms with Crippen molar-refractivity contribution in [3.05, 3.63) is 46.2 Å². The molecule has 0 aliphatic heterocycles. The van der Waals surface area contributed by atoms with Gasteiger partial charge in [0.05, 0.1) is 12.1 Å². The molecule has 0 bridgehead atoms. The molecule has 2 aromatic rings. The van der Waals surface area contributed by atoms with Gasteiger partial charge in [-0.05, 0) is 31.5 Å². The van der Waals surface area contributed by atoms with Gasteiger partial charge >= 0.3 is 0 Å². The van der Waals surface area contributed by atoms with E-state index in [1.165, 1.54) is 17.4 Å². The molecule has 0 radical (unpaired) electrons. The topological polar surface area (TPSA) is 79.3 Å². The van der Waals surface area contributed by atoms with Gasteiger partial charge in [0, 0.05) is 11.6 Å². The fourth-order valence-corrected chi connectivity index (χ4v) is 4.11. The van der Waals surface area contributed by atoms with Crippen LogP contribution in [-0.4, -0.2) is 18.5 Å². The summed E-state index contributed by atoms with van der Waals surface area (Å²) in [4.78, 5) is 3.59. The first-order chi connectivity index (χ1) is 9.76. The Balaban J connectivity index is 2.39. The summed E-state index contributed by atoms with van der Waals surface area (Å²) in [5, 5.41) is 11.4. The molecule has 0 amide bonds. The minimum atomic E-state index is -4.08. The third kappa shape index (κ3) is 3.46. The van der Waals surface area contributed by atoms with Crippen molar-refractivity contribution in [2.24, 2.45) is 0 Å². The number of aliphatic hydroxyl groups excluding tert-OH is 1. The Morgan fingerprint density at radius 3 is 2.71 bits per heavy atom. The summed E-state index contributed by atoms with van der Waals surface area (Å²) in [6.07, 6.45) is 1.57. The number of thiazole rings is 1. The van der Waals surface area contributed by atoms with Crippen LogP contribution in [0.1, 0.15) is 24.4 Å². The number of hydrogen-bond donors (Lipinski definition) is 2. The van der Waals surface area contributed by atoms with E-state index in [1.807, 2.05) is 0 Å². The van der Waals surface area contributed by atoms with E-state index in [9.17, 15) is 12.8 Å². The number of sulfonamides is 1. The third-order valence-electron chi connectivity index (χ3n) is 2.82. The Hall–Kier alpha value is -1.35. The molecular weight excluding hydrogens is 315 g/mol. The average Bonchev–Trinajstić information content (AvgIpc) is 2.92. The van der Waals surface area contributed by atoms with Gasteiger partial charge in [0.15, 0.2) is 0 Å². The molecule has 1 aromatic heterocycles. The second-order valence-electron chi connectivity index (χ2n) is 4.99. The Morgan fingerprint density at radius 1 is 1.43 bits per heavy atom. The van der Waals surface area contributed by atoms with E-state index >= 15 is 0 Å². The second-order valence-corrected chi connectivity index (χ2v) is 7.54. The lowest BCUT2D eigenvalue weighted by Crippen LogP contribution is -2.41. The minimum Gasteiger partial charge on any atom is -0.392 e. The molecule has 1 heterocycles. The maximum Gasteiger partial charge on any atom is 0.244 e. The van der Waals surface area contributed by atoms with E-state index in [2.05, 4.69) is 9.71 Å². The van der Waals surface area contributed by atoms with Gasteiger partial charge in [0.25, 0.3) is 0 Å². The summed E-state index contributed by atoms with van der Waals surface area (Å²) < 4.78 is 41.0. The lowest BCUT2D eigenvalue weighted by molar-refractivity contribution is 0.281. The SMILES string of the molecule is CC(C)(NS(=O)(=O)c1cc(CO)ccc1F)c1nccs1. The summed E-state index contributed by atoms with van der Waals surface area (Å²) in [6, 6.07) is 3.48. The molecule has 5 nitrogen and oxygen atoms in total. The molecule has 114 valence electrons. The molecule has 2 rings (SSSR count). The maximum absolute atomic E-state index is 13.8. The molecule has 1 aromatic carbocycles. The molecule has 0 aliphatic rings. The van der Waals surface area contributed by atoms with Gasteiger partial charge in [-0.2, -0.15) is 4.72 Å². The predicted molar refractivity (Wildman–Crippen MR) is 77.8 cm³/mol. The van der Waals surface area contributed by atoms with E-state index in [0.29, 0.717) is 10.6 Å². The summed E-state index contributed by atoms with van der Waals surface area (Å²) in [7, 11) is -4.08. The second kappa shape index (κ2) is 5.80. The monoisotopic (exact) mass is 330 g/mol. The molecule has 2 N–H and O–H groups in total. The van der Waals surface area contributed by atoms with Crippen molar-refractivity contribution in [1.82, 2.24) is 9.71 Å². The lowest BCUT2D eigenvalue weighted by atomic mass is 10.1. The average molecular weight is 330 g/mol. The fraction of sp³-hybridized carbons (Fsp3) is 0.308. The quantitative estimate of drug-likeness (QED) is 0.879. The Labute approximate surface area is 126 Å². The third-order valence-corrected chi connectivity index (χ3v) is 5.59. The van der Waals surface area contributed by atoms with Crippen LogP contribution in [0.3, 0.4) is 0 Å². The van der Waals surface area contributed by atoms with Crippen LogP contribution in [0.2, 0.25) is 0 Å². The fourth-order valence-electron chi connectivity index (χ4n) is 1.82. The summed E-state index contributed by atoms with van der Waals surface area (Å²) in [5.74, 6) is -0.866. The standard InChI is InChI=1S/C13H15FN2O3S2/c1-13(2,12-15-5-6-20-12)16-21(18,19)11-7-9(8-17)3-4-10(11)14/h3-7,16-17H,8H2,1-2H3. The van der Waals surface area contributed by atoms with Gasteiger partial charge in [0.2, 0.25) is 10.0 Å². The molecule has 0 atom stereocenters. The highest BCUT2D eigenvalue weighted by molar-refractivity contribution is 7.89. The summed E-state index contributed by atoms with van der Waals surface area (Å²) >= 11 is 1.31. The number of nitrogens with one attached hydrogen (secondary N) is 1. The number of halogens is 1. The highest BCUT2D eigenvalue weighted by atomic mass is 32.2. The predicted octanol–water partition coefficient (Wildman–Crippen LogP) is 1.99. The van der Waals surface area contributed by atoms with Crippen LogP contribution in [0.5, 0.6) is 0 Å². The highest BCUT2D eigenvalue weighted by Crippen LogP contribution is 2.26. The van der Waals surface area contributed by atoms with Gasteiger partial charge in [-0.1, -0.05) is 6.07 Å². The Kier molecular flexibility index (Phi) is 4.43. The molecule has 0 fully saturated rings. The molecule has 0 spiro atoms. The van der Waals surface area contributed by atoms with Gasteiger partial charge in [-0.3, -0.25) is 0 Å². The largest absolute Gasteiger partial charge is 0.392 e. The molecule has 21 heavy (non-hydrogen) atoms. The summed E-state index contributed by atoms with van der Waals surface area (Å²) in [6.45, 7) is 2.94. The molecular formula is C13H15FN2O3S2. The molecule has 0 aliphatic carbocycles. The van der Waals surface area contributed by atoms with E-state index in [1.54, 1.807) is 25.4 Å². The summed E-state index contributed by atoms with van der Waals surface area (Å²) in [5.41, 5.74) is -0.641. The molecule has 0 unspecified atom stereocenters.